The van der Waals surface area contributed by atoms with Gasteiger partial charge in [0.1, 0.15) is 0 Å². The molecule has 0 saturated heterocycles. The van der Waals surface area contributed by atoms with Gasteiger partial charge in [-0.3, -0.25) is 9.98 Å². The summed E-state index contributed by atoms with van der Waals surface area (Å²) in [5.74, 6) is 0. The van der Waals surface area contributed by atoms with Crippen LogP contribution in [-0.4, -0.2) is 24.8 Å². The molecule has 1 aromatic carbocycles. The molecule has 1 unspecified atom stereocenters. The standard InChI is InChI=1S/C14H16N4.C2H6.H2/c1-11-6-7-14(17-8-11)9-16-10-18(14)13-4-2-12(15)3-5-13;1-2;/h2-6,8,10H,7,9,15H2,1H3;1-2H3;1H. The zero-order valence-corrected chi connectivity index (χ0v) is 12.4. The van der Waals surface area contributed by atoms with E-state index in [0.717, 1.165) is 17.8 Å². The molecule has 2 heterocycles. The molecule has 0 saturated carbocycles. The van der Waals surface area contributed by atoms with Crippen LogP contribution in [0.15, 0.2) is 45.9 Å². The van der Waals surface area contributed by atoms with Crippen LogP contribution in [0.1, 0.15) is 28.6 Å². The summed E-state index contributed by atoms with van der Waals surface area (Å²) in [6.07, 6.45) is 6.91. The van der Waals surface area contributed by atoms with E-state index in [-0.39, 0.29) is 7.09 Å². The van der Waals surface area contributed by atoms with E-state index < -0.39 is 0 Å². The van der Waals surface area contributed by atoms with Crippen molar-refractivity contribution >= 4 is 23.9 Å². The van der Waals surface area contributed by atoms with Crippen LogP contribution in [0.5, 0.6) is 0 Å². The fourth-order valence-corrected chi connectivity index (χ4v) is 2.31. The number of anilines is 2. The Morgan fingerprint density at radius 1 is 1.25 bits per heavy atom. The molecule has 108 valence electrons. The quantitative estimate of drug-likeness (QED) is 0.795. The first-order valence-electron chi connectivity index (χ1n) is 7.06. The highest BCUT2D eigenvalue weighted by atomic mass is 15.4. The Morgan fingerprint density at radius 3 is 2.55 bits per heavy atom. The summed E-state index contributed by atoms with van der Waals surface area (Å²) in [6, 6.07) is 7.83. The molecule has 20 heavy (non-hydrogen) atoms. The third-order valence-electron chi connectivity index (χ3n) is 3.42. The average Bonchev–Trinajstić information content (AvgIpc) is 2.89. The van der Waals surface area contributed by atoms with E-state index in [9.17, 15) is 0 Å². The summed E-state index contributed by atoms with van der Waals surface area (Å²) in [4.78, 5) is 11.2. The topological polar surface area (TPSA) is 54.0 Å². The van der Waals surface area contributed by atoms with Crippen molar-refractivity contribution in [1.29, 1.82) is 0 Å². The predicted octanol–water partition coefficient (Wildman–Crippen LogP) is 3.51. The number of benzene rings is 1. The molecule has 0 aliphatic carbocycles. The SMILES string of the molecule is CC.CC1=CCC2(CN=CN2c2ccc(N)cc2)N=C1.[HH]. The van der Waals surface area contributed by atoms with Crippen LogP contribution in [0.3, 0.4) is 0 Å². The van der Waals surface area contributed by atoms with Crippen molar-refractivity contribution in [2.45, 2.75) is 32.9 Å². The average molecular weight is 272 g/mol. The molecular formula is C16H24N4. The summed E-state index contributed by atoms with van der Waals surface area (Å²) in [5, 5.41) is 0. The second-order valence-electron chi connectivity index (χ2n) is 4.81. The Hall–Kier alpha value is -2.10. The molecule has 2 aliphatic heterocycles. The van der Waals surface area contributed by atoms with Gasteiger partial charge in [-0.15, -0.1) is 0 Å². The Bertz CT molecular complexity index is 548. The minimum absolute atomic E-state index is 0. The summed E-state index contributed by atoms with van der Waals surface area (Å²) in [6.45, 7) is 6.78. The first-order valence-corrected chi connectivity index (χ1v) is 7.06. The number of rotatable bonds is 1. The summed E-state index contributed by atoms with van der Waals surface area (Å²) in [5.41, 5.74) is 8.52. The lowest BCUT2D eigenvalue weighted by atomic mass is 10.0. The number of dihydropyridines is 1. The van der Waals surface area contributed by atoms with E-state index in [1.54, 1.807) is 0 Å². The molecule has 2 N–H and O–H groups in total. The van der Waals surface area contributed by atoms with Crippen molar-refractivity contribution in [3.63, 3.8) is 0 Å². The maximum absolute atomic E-state index is 5.72. The molecule has 2 aliphatic rings. The first-order chi connectivity index (χ1) is 9.70. The minimum atomic E-state index is -0.268. The molecule has 3 rings (SSSR count). The first kappa shape index (κ1) is 14.3. The molecule has 1 aromatic rings. The van der Waals surface area contributed by atoms with Gasteiger partial charge in [0.05, 0.1) is 12.9 Å². The largest absolute Gasteiger partial charge is 0.399 e. The van der Waals surface area contributed by atoms with Crippen LogP contribution in [-0.2, 0) is 0 Å². The lowest BCUT2D eigenvalue weighted by Gasteiger charge is -2.35. The lowest BCUT2D eigenvalue weighted by Crippen LogP contribution is -2.46. The van der Waals surface area contributed by atoms with E-state index in [0.29, 0.717) is 6.54 Å². The molecule has 0 bridgehead atoms. The van der Waals surface area contributed by atoms with Gasteiger partial charge in [-0.05, 0) is 36.8 Å². The van der Waals surface area contributed by atoms with E-state index in [1.807, 2.05) is 50.7 Å². The van der Waals surface area contributed by atoms with Gasteiger partial charge in [0.25, 0.3) is 0 Å². The molecule has 0 radical (unpaired) electrons. The highest BCUT2D eigenvalue weighted by molar-refractivity contribution is 5.87. The van der Waals surface area contributed by atoms with Gasteiger partial charge < -0.3 is 10.6 Å². The lowest BCUT2D eigenvalue weighted by molar-refractivity contribution is 0.483. The molecule has 0 amide bonds. The number of hydrogen-bond donors (Lipinski definition) is 1. The van der Waals surface area contributed by atoms with Gasteiger partial charge in [0.15, 0.2) is 5.66 Å². The van der Waals surface area contributed by atoms with Crippen molar-refractivity contribution in [2.24, 2.45) is 9.98 Å². The Balaban J connectivity index is 0.000000706. The predicted molar refractivity (Wildman–Crippen MR) is 89.8 cm³/mol. The van der Waals surface area contributed by atoms with Gasteiger partial charge in [-0.25, -0.2) is 0 Å². The normalized spacial score (nSPS) is 23.6. The fourth-order valence-electron chi connectivity index (χ4n) is 2.31. The Morgan fingerprint density at radius 2 is 1.95 bits per heavy atom. The molecule has 1 spiro atoms. The van der Waals surface area contributed by atoms with Crippen molar-refractivity contribution in [2.75, 3.05) is 17.2 Å². The second-order valence-corrected chi connectivity index (χ2v) is 4.81. The molecule has 0 aromatic heterocycles. The van der Waals surface area contributed by atoms with Crippen LogP contribution in [0, 0.1) is 0 Å². The van der Waals surface area contributed by atoms with Gasteiger partial charge in [0, 0.05) is 25.4 Å². The van der Waals surface area contributed by atoms with Gasteiger partial charge >= 0.3 is 0 Å². The third-order valence-corrected chi connectivity index (χ3v) is 3.42. The highest BCUT2D eigenvalue weighted by Gasteiger charge is 2.39. The molecule has 4 heteroatoms. The monoisotopic (exact) mass is 272 g/mol. The number of nitrogens with two attached hydrogens (primary N) is 1. The number of aliphatic imine (C=N–C) groups is 2. The van der Waals surface area contributed by atoms with Crippen LogP contribution < -0.4 is 10.6 Å². The smallest absolute Gasteiger partial charge is 0.160 e. The molecule has 0 fully saturated rings. The summed E-state index contributed by atoms with van der Waals surface area (Å²) >= 11 is 0. The number of allylic oxidation sites excluding steroid dienone is 1. The van der Waals surface area contributed by atoms with Gasteiger partial charge in [-0.2, -0.15) is 0 Å². The van der Waals surface area contributed by atoms with Crippen LogP contribution in [0.25, 0.3) is 0 Å². The second kappa shape index (κ2) is 5.90. The van der Waals surface area contributed by atoms with Crippen molar-refractivity contribution in [3.8, 4) is 0 Å². The minimum Gasteiger partial charge on any atom is -0.399 e. The third kappa shape index (κ3) is 2.59. The Kier molecular flexibility index (Phi) is 4.23. The number of nitrogen functional groups attached to an aromatic ring is 1. The fraction of sp³-hybridized carbons (Fsp3) is 0.375. The van der Waals surface area contributed by atoms with Crippen molar-refractivity contribution in [3.05, 3.63) is 35.9 Å². The molecule has 1 atom stereocenters. The number of nitrogens with zero attached hydrogens (tertiary/aromatic N) is 3. The van der Waals surface area contributed by atoms with E-state index >= 15 is 0 Å². The van der Waals surface area contributed by atoms with Gasteiger partial charge in [0.2, 0.25) is 0 Å². The van der Waals surface area contributed by atoms with Crippen LogP contribution in [0.4, 0.5) is 11.4 Å². The maximum Gasteiger partial charge on any atom is 0.160 e. The van der Waals surface area contributed by atoms with Gasteiger partial charge in [-0.1, -0.05) is 19.9 Å². The highest BCUT2D eigenvalue weighted by Crippen LogP contribution is 2.33. The molecular weight excluding hydrogens is 248 g/mol. The number of hydrogen-bond acceptors (Lipinski definition) is 4. The van der Waals surface area contributed by atoms with E-state index in [1.165, 1.54) is 5.57 Å². The van der Waals surface area contributed by atoms with Crippen molar-refractivity contribution < 1.29 is 1.43 Å². The maximum atomic E-state index is 5.72. The zero-order valence-electron chi connectivity index (χ0n) is 12.4. The zero-order chi connectivity index (χ0) is 14.6. The van der Waals surface area contributed by atoms with Crippen LogP contribution >= 0.6 is 0 Å². The Labute approximate surface area is 122 Å². The summed E-state index contributed by atoms with van der Waals surface area (Å²) in [7, 11) is 0. The van der Waals surface area contributed by atoms with Crippen LogP contribution in [0.2, 0.25) is 0 Å². The van der Waals surface area contributed by atoms with E-state index in [4.69, 9.17) is 10.7 Å². The molecule has 4 nitrogen and oxygen atoms in total. The van der Waals surface area contributed by atoms with Crippen molar-refractivity contribution in [1.82, 2.24) is 0 Å². The summed E-state index contributed by atoms with van der Waals surface area (Å²) < 4.78 is 0. The van der Waals surface area contributed by atoms with E-state index in [2.05, 4.69) is 22.9 Å².